The van der Waals surface area contributed by atoms with Crippen LogP contribution in [0.15, 0.2) is 64.0 Å². The molecule has 2 heterocycles. The number of aliphatic hydroxyl groups excluding tert-OH is 1. The SMILES string of the molecule is Cc1noc(C)c1S(=O)(=O)NCc1ccc(CC(=O)N(C)[C@H](CN2CC[C@H](O)C2)c2ccccc2)cc1. The lowest BCUT2D eigenvalue weighted by Gasteiger charge is -2.32. The maximum Gasteiger partial charge on any atom is 0.246 e. The number of aliphatic hydroxyl groups is 1. The molecular formula is C27H34N4O5S. The summed E-state index contributed by atoms with van der Waals surface area (Å²) in [6.07, 6.45) is 0.665. The van der Waals surface area contributed by atoms with Gasteiger partial charge in [0.05, 0.1) is 18.6 Å². The monoisotopic (exact) mass is 526 g/mol. The van der Waals surface area contributed by atoms with Crippen molar-refractivity contribution in [1.29, 1.82) is 0 Å². The summed E-state index contributed by atoms with van der Waals surface area (Å²) in [6, 6.07) is 17.2. The number of hydrogen-bond acceptors (Lipinski definition) is 7. The zero-order chi connectivity index (χ0) is 26.6. The van der Waals surface area contributed by atoms with E-state index in [0.29, 0.717) is 18.8 Å². The number of likely N-dealkylation sites (tertiary alicyclic amines) is 1. The number of carbonyl (C=O) groups is 1. The lowest BCUT2D eigenvalue weighted by Crippen LogP contribution is -2.39. The molecule has 0 saturated carbocycles. The molecular weight excluding hydrogens is 492 g/mol. The lowest BCUT2D eigenvalue weighted by atomic mass is 10.0. The molecule has 4 rings (SSSR count). The number of nitrogens with one attached hydrogen (secondary N) is 1. The van der Waals surface area contributed by atoms with Gasteiger partial charge in [0.2, 0.25) is 15.9 Å². The molecule has 0 aliphatic carbocycles. The molecule has 37 heavy (non-hydrogen) atoms. The van der Waals surface area contributed by atoms with Gasteiger partial charge in [-0.2, -0.15) is 0 Å². The second kappa shape index (κ2) is 11.6. The number of β-amino-alcohol motifs (C(OH)–C–C–N with tert-alkyl or cyclic N) is 1. The van der Waals surface area contributed by atoms with E-state index in [4.69, 9.17) is 4.52 Å². The van der Waals surface area contributed by atoms with Crippen LogP contribution >= 0.6 is 0 Å². The molecule has 9 nitrogen and oxygen atoms in total. The summed E-state index contributed by atoms with van der Waals surface area (Å²) < 4.78 is 32.8. The first-order valence-electron chi connectivity index (χ1n) is 12.4. The van der Waals surface area contributed by atoms with Gasteiger partial charge in [-0.25, -0.2) is 13.1 Å². The zero-order valence-electron chi connectivity index (χ0n) is 21.4. The largest absolute Gasteiger partial charge is 0.392 e. The third kappa shape index (κ3) is 6.64. The second-order valence-electron chi connectivity index (χ2n) is 9.60. The first kappa shape index (κ1) is 27.0. The van der Waals surface area contributed by atoms with Gasteiger partial charge in [0, 0.05) is 33.2 Å². The minimum absolute atomic E-state index is 0.0135. The van der Waals surface area contributed by atoms with Crippen LogP contribution in [-0.2, 0) is 27.8 Å². The number of carbonyl (C=O) groups excluding carboxylic acids is 1. The Balaban J connectivity index is 1.39. The van der Waals surface area contributed by atoms with Gasteiger partial charge >= 0.3 is 0 Å². The number of rotatable bonds is 10. The summed E-state index contributed by atoms with van der Waals surface area (Å²) in [5.74, 6) is 0.234. The van der Waals surface area contributed by atoms with Crippen molar-refractivity contribution in [2.75, 3.05) is 26.7 Å². The van der Waals surface area contributed by atoms with Crippen molar-refractivity contribution in [2.45, 2.75) is 50.3 Å². The average molecular weight is 527 g/mol. The molecule has 198 valence electrons. The van der Waals surface area contributed by atoms with Gasteiger partial charge in [-0.3, -0.25) is 9.69 Å². The van der Waals surface area contributed by atoms with Crippen molar-refractivity contribution in [2.24, 2.45) is 0 Å². The number of benzene rings is 2. The molecule has 0 radical (unpaired) electrons. The topological polar surface area (TPSA) is 116 Å². The highest BCUT2D eigenvalue weighted by Crippen LogP contribution is 2.24. The highest BCUT2D eigenvalue weighted by Gasteiger charge is 2.28. The maximum absolute atomic E-state index is 13.3. The molecule has 1 aromatic heterocycles. The molecule has 1 aliphatic rings. The Kier molecular flexibility index (Phi) is 8.43. The van der Waals surface area contributed by atoms with Crippen molar-refractivity contribution in [1.82, 2.24) is 19.7 Å². The number of nitrogens with zero attached hydrogens (tertiary/aromatic N) is 3. The molecule has 3 aromatic rings. The number of aryl methyl sites for hydroxylation is 2. The standard InChI is InChI=1S/C27H34N4O5S/c1-19-27(20(2)36-29-19)37(34,35)28-16-22-11-9-21(10-12-22)15-26(33)30(3)25(23-7-5-4-6-8-23)18-31-14-13-24(32)17-31/h4-12,24-25,28,32H,13-18H2,1-3H3/t24-,25+/m0/s1. The van der Waals surface area contributed by atoms with Gasteiger partial charge in [0.25, 0.3) is 0 Å². The quantitative estimate of drug-likeness (QED) is 0.417. The third-order valence-corrected chi connectivity index (χ3v) is 8.45. The van der Waals surface area contributed by atoms with E-state index in [1.54, 1.807) is 18.7 Å². The first-order valence-corrected chi connectivity index (χ1v) is 13.8. The highest BCUT2D eigenvalue weighted by molar-refractivity contribution is 7.89. The van der Waals surface area contributed by atoms with Crippen LogP contribution < -0.4 is 4.72 Å². The van der Waals surface area contributed by atoms with Gasteiger partial charge in [-0.05, 0) is 37.0 Å². The summed E-state index contributed by atoms with van der Waals surface area (Å²) in [5.41, 5.74) is 2.99. The second-order valence-corrected chi connectivity index (χ2v) is 11.3. The van der Waals surface area contributed by atoms with Gasteiger partial charge in [-0.1, -0.05) is 59.8 Å². The normalized spacial score (nSPS) is 17.1. The summed E-state index contributed by atoms with van der Waals surface area (Å²) >= 11 is 0. The van der Waals surface area contributed by atoms with Crippen LogP contribution in [0.25, 0.3) is 0 Å². The summed E-state index contributed by atoms with van der Waals surface area (Å²) in [5, 5.41) is 13.6. The molecule has 1 fully saturated rings. The lowest BCUT2D eigenvalue weighted by molar-refractivity contribution is -0.131. The predicted octanol–water partition coefficient (Wildman–Crippen LogP) is 2.58. The van der Waals surface area contributed by atoms with E-state index in [1.807, 2.05) is 61.6 Å². The molecule has 2 aromatic carbocycles. The van der Waals surface area contributed by atoms with E-state index in [2.05, 4.69) is 14.8 Å². The van der Waals surface area contributed by atoms with Crippen LogP contribution in [0.2, 0.25) is 0 Å². The van der Waals surface area contributed by atoms with Crippen molar-refractivity contribution < 1.29 is 22.8 Å². The Morgan fingerprint density at radius 1 is 1.16 bits per heavy atom. The number of sulfonamides is 1. The maximum atomic E-state index is 13.3. The Morgan fingerprint density at radius 2 is 1.84 bits per heavy atom. The molecule has 1 saturated heterocycles. The van der Waals surface area contributed by atoms with Crippen molar-refractivity contribution >= 4 is 15.9 Å². The summed E-state index contributed by atoms with van der Waals surface area (Å²) in [7, 11) is -1.93. The molecule has 2 N–H and O–H groups in total. The first-order chi connectivity index (χ1) is 17.6. The molecule has 10 heteroatoms. The third-order valence-electron chi connectivity index (χ3n) is 6.81. The van der Waals surface area contributed by atoms with E-state index in [1.165, 1.54) is 0 Å². The van der Waals surface area contributed by atoms with Crippen molar-refractivity contribution in [3.05, 3.63) is 82.7 Å². The fourth-order valence-corrected chi connectivity index (χ4v) is 6.05. The summed E-state index contributed by atoms with van der Waals surface area (Å²) in [4.78, 5) is 17.3. The van der Waals surface area contributed by atoms with Gasteiger partial charge < -0.3 is 14.5 Å². The predicted molar refractivity (Wildman–Crippen MR) is 139 cm³/mol. The van der Waals surface area contributed by atoms with Crippen LogP contribution in [0, 0.1) is 13.8 Å². The van der Waals surface area contributed by atoms with E-state index >= 15 is 0 Å². The van der Waals surface area contributed by atoms with Gasteiger partial charge in [0.1, 0.15) is 10.6 Å². The molecule has 2 atom stereocenters. The number of amides is 1. The smallest absolute Gasteiger partial charge is 0.246 e. The summed E-state index contributed by atoms with van der Waals surface area (Å²) in [6.45, 7) is 5.35. The Morgan fingerprint density at radius 3 is 2.43 bits per heavy atom. The number of hydrogen-bond donors (Lipinski definition) is 2. The van der Waals surface area contributed by atoms with E-state index < -0.39 is 10.0 Å². The highest BCUT2D eigenvalue weighted by atomic mass is 32.2. The minimum atomic E-state index is -3.75. The Labute approximate surface area is 218 Å². The van der Waals surface area contributed by atoms with E-state index in [0.717, 1.165) is 29.7 Å². The zero-order valence-corrected chi connectivity index (χ0v) is 22.2. The van der Waals surface area contributed by atoms with Gasteiger partial charge in [-0.15, -0.1) is 0 Å². The Hall–Kier alpha value is -3.05. The molecule has 0 unspecified atom stereocenters. The Bertz CT molecular complexity index is 1290. The number of likely N-dealkylation sites (N-methyl/N-ethyl adjacent to an activating group) is 1. The fourth-order valence-electron chi connectivity index (χ4n) is 4.71. The fraction of sp³-hybridized carbons (Fsp3) is 0.407. The van der Waals surface area contributed by atoms with Crippen LogP contribution in [0.1, 0.15) is 40.6 Å². The molecule has 1 aliphatic heterocycles. The molecule has 0 spiro atoms. The van der Waals surface area contributed by atoms with Crippen molar-refractivity contribution in [3.63, 3.8) is 0 Å². The van der Waals surface area contributed by atoms with Crippen molar-refractivity contribution in [3.8, 4) is 0 Å². The van der Waals surface area contributed by atoms with E-state index in [-0.39, 0.29) is 41.7 Å². The van der Waals surface area contributed by atoms with Crippen LogP contribution in [0.5, 0.6) is 0 Å². The average Bonchev–Trinajstić information content (AvgIpc) is 3.46. The molecule has 0 bridgehead atoms. The number of aromatic nitrogens is 1. The van der Waals surface area contributed by atoms with Gasteiger partial charge in [0.15, 0.2) is 5.76 Å². The van der Waals surface area contributed by atoms with Crippen LogP contribution in [-0.4, -0.2) is 67.2 Å². The van der Waals surface area contributed by atoms with Crippen LogP contribution in [0.3, 0.4) is 0 Å². The molecule has 1 amide bonds. The minimum Gasteiger partial charge on any atom is -0.392 e. The van der Waals surface area contributed by atoms with E-state index in [9.17, 15) is 18.3 Å². The van der Waals surface area contributed by atoms with Crippen LogP contribution in [0.4, 0.5) is 0 Å².